The molecule has 2 rings (SSSR count). The first kappa shape index (κ1) is 13.5. The fourth-order valence-corrected chi connectivity index (χ4v) is 2.87. The number of carbonyl (C=O) groups is 1. The van der Waals surface area contributed by atoms with E-state index in [-0.39, 0.29) is 5.91 Å². The second-order valence-corrected chi connectivity index (χ2v) is 5.87. The molecule has 0 saturated heterocycles. The zero-order valence-electron chi connectivity index (χ0n) is 10.7. The van der Waals surface area contributed by atoms with Crippen molar-refractivity contribution in [1.29, 1.82) is 0 Å². The molecule has 1 heterocycles. The third kappa shape index (κ3) is 3.55. The molecular formula is C14H19BrN2O. The van der Waals surface area contributed by atoms with E-state index >= 15 is 0 Å². The number of nitrogens with one attached hydrogen (secondary N) is 1. The molecule has 98 valence electrons. The standard InChI is InChI=1S/C14H19BrN2O/c1-10-5-3-2-4-6-12(10)17-14(18)11-7-8-16-13(15)9-11/h7-10,12H,2-6H2,1H3,(H,17,18). The topological polar surface area (TPSA) is 42.0 Å². The highest BCUT2D eigenvalue weighted by Crippen LogP contribution is 2.23. The molecule has 0 bridgehead atoms. The van der Waals surface area contributed by atoms with Gasteiger partial charge in [0.25, 0.3) is 5.91 Å². The van der Waals surface area contributed by atoms with Crippen LogP contribution in [0.5, 0.6) is 0 Å². The van der Waals surface area contributed by atoms with Crippen LogP contribution in [0, 0.1) is 5.92 Å². The second-order valence-electron chi connectivity index (χ2n) is 5.06. The highest BCUT2D eigenvalue weighted by atomic mass is 79.9. The van der Waals surface area contributed by atoms with Crippen molar-refractivity contribution in [2.45, 2.75) is 45.1 Å². The first-order chi connectivity index (χ1) is 8.66. The minimum Gasteiger partial charge on any atom is -0.349 e. The Morgan fingerprint density at radius 2 is 2.17 bits per heavy atom. The number of hydrogen-bond acceptors (Lipinski definition) is 2. The molecule has 3 nitrogen and oxygen atoms in total. The zero-order chi connectivity index (χ0) is 13.0. The maximum atomic E-state index is 12.2. The van der Waals surface area contributed by atoms with Crippen molar-refractivity contribution in [3.05, 3.63) is 28.5 Å². The van der Waals surface area contributed by atoms with E-state index in [9.17, 15) is 4.79 Å². The summed E-state index contributed by atoms with van der Waals surface area (Å²) >= 11 is 3.29. The molecule has 1 aliphatic rings. The van der Waals surface area contributed by atoms with Gasteiger partial charge < -0.3 is 5.32 Å². The Labute approximate surface area is 117 Å². The lowest BCUT2D eigenvalue weighted by atomic mass is 9.96. The quantitative estimate of drug-likeness (QED) is 0.670. The molecule has 0 radical (unpaired) electrons. The summed E-state index contributed by atoms with van der Waals surface area (Å²) in [6.45, 7) is 2.23. The summed E-state index contributed by atoms with van der Waals surface area (Å²) in [4.78, 5) is 16.2. The van der Waals surface area contributed by atoms with Crippen LogP contribution in [-0.4, -0.2) is 16.9 Å². The van der Waals surface area contributed by atoms with E-state index in [2.05, 4.69) is 33.2 Å². The largest absolute Gasteiger partial charge is 0.349 e. The maximum Gasteiger partial charge on any atom is 0.251 e. The second kappa shape index (κ2) is 6.32. The van der Waals surface area contributed by atoms with Crippen LogP contribution in [0.15, 0.2) is 22.9 Å². The van der Waals surface area contributed by atoms with Crippen molar-refractivity contribution < 1.29 is 4.79 Å². The third-order valence-corrected chi connectivity index (χ3v) is 4.10. The predicted octanol–water partition coefficient (Wildman–Crippen LogP) is 3.54. The smallest absolute Gasteiger partial charge is 0.251 e. The van der Waals surface area contributed by atoms with E-state index in [0.717, 1.165) is 6.42 Å². The van der Waals surface area contributed by atoms with Gasteiger partial charge in [-0.1, -0.05) is 26.2 Å². The maximum absolute atomic E-state index is 12.2. The van der Waals surface area contributed by atoms with Gasteiger partial charge in [-0.25, -0.2) is 4.98 Å². The Morgan fingerprint density at radius 3 is 2.94 bits per heavy atom. The van der Waals surface area contributed by atoms with Gasteiger partial charge in [0.05, 0.1) is 0 Å². The minimum absolute atomic E-state index is 0.0110. The molecule has 0 spiro atoms. The first-order valence-electron chi connectivity index (χ1n) is 6.59. The average molecular weight is 311 g/mol. The number of halogens is 1. The van der Waals surface area contributed by atoms with Crippen molar-refractivity contribution in [1.82, 2.24) is 10.3 Å². The highest BCUT2D eigenvalue weighted by Gasteiger charge is 2.22. The lowest BCUT2D eigenvalue weighted by Crippen LogP contribution is -2.38. The van der Waals surface area contributed by atoms with Crippen LogP contribution in [-0.2, 0) is 0 Å². The predicted molar refractivity (Wildman–Crippen MR) is 75.4 cm³/mol. The lowest BCUT2D eigenvalue weighted by Gasteiger charge is -2.22. The molecule has 1 aromatic heterocycles. The van der Waals surface area contributed by atoms with Gasteiger partial charge in [0.2, 0.25) is 0 Å². The summed E-state index contributed by atoms with van der Waals surface area (Å²) in [6, 6.07) is 3.82. The van der Waals surface area contributed by atoms with Crippen molar-refractivity contribution in [2.24, 2.45) is 5.92 Å². The Balaban J connectivity index is 2.01. The average Bonchev–Trinajstić information content (AvgIpc) is 2.55. The van der Waals surface area contributed by atoms with E-state index < -0.39 is 0 Å². The summed E-state index contributed by atoms with van der Waals surface area (Å²) in [5.41, 5.74) is 0.674. The normalized spacial score (nSPS) is 24.3. The van der Waals surface area contributed by atoms with Gasteiger partial charge in [-0.2, -0.15) is 0 Å². The van der Waals surface area contributed by atoms with Crippen LogP contribution in [0.25, 0.3) is 0 Å². The molecule has 1 fully saturated rings. The van der Waals surface area contributed by atoms with E-state index in [1.54, 1.807) is 18.3 Å². The molecule has 18 heavy (non-hydrogen) atoms. The lowest BCUT2D eigenvalue weighted by molar-refractivity contribution is 0.0921. The van der Waals surface area contributed by atoms with Gasteiger partial charge in [-0.15, -0.1) is 0 Å². The monoisotopic (exact) mass is 310 g/mol. The molecule has 1 amide bonds. The SMILES string of the molecule is CC1CCCCCC1NC(=O)c1ccnc(Br)c1. The number of amides is 1. The Bertz CT molecular complexity index is 422. The van der Waals surface area contributed by atoms with Crippen molar-refractivity contribution in [3.8, 4) is 0 Å². The van der Waals surface area contributed by atoms with Gasteiger partial charge >= 0.3 is 0 Å². The fraction of sp³-hybridized carbons (Fsp3) is 0.571. The van der Waals surface area contributed by atoms with Crippen LogP contribution in [0.2, 0.25) is 0 Å². The van der Waals surface area contributed by atoms with Gasteiger partial charge in [-0.05, 0) is 46.8 Å². The molecule has 4 heteroatoms. The zero-order valence-corrected chi connectivity index (χ0v) is 12.2. The van der Waals surface area contributed by atoms with Gasteiger partial charge in [-0.3, -0.25) is 4.79 Å². The number of pyridine rings is 1. The summed E-state index contributed by atoms with van der Waals surface area (Å²) in [5, 5.41) is 3.16. The minimum atomic E-state index is 0.0110. The fourth-order valence-electron chi connectivity index (χ4n) is 2.50. The molecule has 1 saturated carbocycles. The molecule has 1 aromatic rings. The number of aromatic nitrogens is 1. The molecular weight excluding hydrogens is 292 g/mol. The van der Waals surface area contributed by atoms with Crippen LogP contribution < -0.4 is 5.32 Å². The Morgan fingerprint density at radius 1 is 1.39 bits per heavy atom. The van der Waals surface area contributed by atoms with Crippen LogP contribution >= 0.6 is 15.9 Å². The van der Waals surface area contributed by atoms with Crippen LogP contribution in [0.1, 0.15) is 49.4 Å². The third-order valence-electron chi connectivity index (χ3n) is 3.67. The molecule has 0 aliphatic heterocycles. The van der Waals surface area contributed by atoms with Gasteiger partial charge in [0.15, 0.2) is 0 Å². The number of carbonyl (C=O) groups excluding carboxylic acids is 1. The van der Waals surface area contributed by atoms with Crippen LogP contribution in [0.4, 0.5) is 0 Å². The van der Waals surface area contributed by atoms with Gasteiger partial charge in [0.1, 0.15) is 4.60 Å². The van der Waals surface area contributed by atoms with Crippen LogP contribution in [0.3, 0.4) is 0 Å². The van der Waals surface area contributed by atoms with Crippen molar-refractivity contribution in [3.63, 3.8) is 0 Å². The summed E-state index contributed by atoms with van der Waals surface area (Å²) in [5.74, 6) is 0.582. The number of rotatable bonds is 2. The van der Waals surface area contributed by atoms with Gasteiger partial charge in [0, 0.05) is 17.8 Å². The van der Waals surface area contributed by atoms with Crippen molar-refractivity contribution in [2.75, 3.05) is 0 Å². The summed E-state index contributed by atoms with van der Waals surface area (Å²) < 4.78 is 0.698. The Kier molecular flexibility index (Phi) is 4.75. The summed E-state index contributed by atoms with van der Waals surface area (Å²) in [7, 11) is 0. The Hall–Kier alpha value is -0.900. The van der Waals surface area contributed by atoms with E-state index in [0.29, 0.717) is 22.1 Å². The summed E-state index contributed by atoms with van der Waals surface area (Å²) in [6.07, 6.45) is 7.75. The van der Waals surface area contributed by atoms with Crippen molar-refractivity contribution >= 4 is 21.8 Å². The van der Waals surface area contributed by atoms with E-state index in [1.807, 2.05) is 0 Å². The first-order valence-corrected chi connectivity index (χ1v) is 7.38. The molecule has 1 aliphatic carbocycles. The van der Waals surface area contributed by atoms with E-state index in [1.165, 1.54) is 25.7 Å². The number of hydrogen-bond donors (Lipinski definition) is 1. The molecule has 0 aromatic carbocycles. The number of nitrogens with zero attached hydrogens (tertiary/aromatic N) is 1. The van der Waals surface area contributed by atoms with E-state index in [4.69, 9.17) is 0 Å². The molecule has 1 N–H and O–H groups in total. The molecule has 2 unspecified atom stereocenters. The molecule has 2 atom stereocenters. The highest BCUT2D eigenvalue weighted by molar-refractivity contribution is 9.10.